The molecule has 1 aromatic rings. The number of nitrogens with zero attached hydrogens (tertiary/aromatic N) is 2. The standard InChI is InChI=1S/C10H19N3O3S2/c1-4-5-18(15,16)8-9(11)12-17-10(8)13(3)7(2)6-14/h7,14H,4-6H2,1-3H3,(H2,11,12). The topological polar surface area (TPSA) is 96.5 Å². The molecule has 0 saturated heterocycles. The molecule has 0 amide bonds. The summed E-state index contributed by atoms with van der Waals surface area (Å²) < 4.78 is 28.2. The van der Waals surface area contributed by atoms with Gasteiger partial charge in [0.05, 0.1) is 12.4 Å². The van der Waals surface area contributed by atoms with Crippen LogP contribution in [0.1, 0.15) is 20.3 Å². The van der Waals surface area contributed by atoms with Crippen LogP contribution in [0.4, 0.5) is 10.8 Å². The molecule has 0 aliphatic carbocycles. The number of sulfone groups is 1. The summed E-state index contributed by atoms with van der Waals surface area (Å²) in [6.45, 7) is 3.53. The van der Waals surface area contributed by atoms with Crippen molar-refractivity contribution in [1.29, 1.82) is 0 Å². The molecule has 0 radical (unpaired) electrons. The smallest absolute Gasteiger partial charge is 0.185 e. The highest BCUT2D eigenvalue weighted by Crippen LogP contribution is 2.35. The van der Waals surface area contributed by atoms with Gasteiger partial charge in [0.2, 0.25) is 0 Å². The number of nitrogens with two attached hydrogens (primary N) is 1. The Kier molecular flexibility index (Phi) is 4.94. The van der Waals surface area contributed by atoms with E-state index in [1.807, 2.05) is 0 Å². The van der Waals surface area contributed by atoms with Gasteiger partial charge < -0.3 is 15.7 Å². The quantitative estimate of drug-likeness (QED) is 0.802. The van der Waals surface area contributed by atoms with Crippen LogP contribution in [0.25, 0.3) is 0 Å². The fourth-order valence-electron chi connectivity index (χ4n) is 1.50. The Morgan fingerprint density at radius 1 is 1.56 bits per heavy atom. The Labute approximate surface area is 112 Å². The highest BCUT2D eigenvalue weighted by Gasteiger charge is 2.28. The number of hydrogen-bond acceptors (Lipinski definition) is 7. The molecule has 3 N–H and O–H groups in total. The van der Waals surface area contributed by atoms with Crippen molar-refractivity contribution < 1.29 is 13.5 Å². The number of aromatic nitrogens is 1. The van der Waals surface area contributed by atoms with E-state index in [2.05, 4.69) is 4.37 Å². The van der Waals surface area contributed by atoms with Crippen molar-refractivity contribution in [1.82, 2.24) is 4.37 Å². The van der Waals surface area contributed by atoms with Gasteiger partial charge in [0.25, 0.3) is 0 Å². The van der Waals surface area contributed by atoms with Gasteiger partial charge >= 0.3 is 0 Å². The molecule has 1 rings (SSSR count). The molecule has 1 atom stereocenters. The van der Waals surface area contributed by atoms with Gasteiger partial charge in [-0.15, -0.1) is 0 Å². The zero-order valence-corrected chi connectivity index (χ0v) is 12.4. The lowest BCUT2D eigenvalue weighted by Crippen LogP contribution is -2.32. The predicted octanol–water partition coefficient (Wildman–Crippen LogP) is 0.726. The minimum atomic E-state index is -3.42. The number of hydrogen-bond donors (Lipinski definition) is 2. The van der Waals surface area contributed by atoms with Crippen molar-refractivity contribution in [3.8, 4) is 0 Å². The van der Waals surface area contributed by atoms with Crippen molar-refractivity contribution in [2.75, 3.05) is 30.0 Å². The Morgan fingerprint density at radius 3 is 2.67 bits per heavy atom. The second kappa shape index (κ2) is 5.85. The molecule has 0 fully saturated rings. The normalized spacial score (nSPS) is 13.6. The molecule has 0 saturated carbocycles. The fraction of sp³-hybridized carbons (Fsp3) is 0.700. The van der Waals surface area contributed by atoms with E-state index < -0.39 is 9.84 Å². The van der Waals surface area contributed by atoms with Crippen molar-refractivity contribution >= 4 is 32.2 Å². The van der Waals surface area contributed by atoms with Crippen LogP contribution in [-0.2, 0) is 9.84 Å². The predicted molar refractivity (Wildman–Crippen MR) is 73.8 cm³/mol. The van der Waals surface area contributed by atoms with Gasteiger partial charge in [-0.25, -0.2) is 8.42 Å². The zero-order chi connectivity index (χ0) is 13.9. The summed E-state index contributed by atoms with van der Waals surface area (Å²) in [5, 5.41) is 9.62. The van der Waals surface area contributed by atoms with Crippen molar-refractivity contribution in [2.24, 2.45) is 0 Å². The van der Waals surface area contributed by atoms with Crippen molar-refractivity contribution in [3.05, 3.63) is 0 Å². The van der Waals surface area contributed by atoms with E-state index in [1.54, 1.807) is 25.8 Å². The van der Waals surface area contributed by atoms with Crippen LogP contribution in [0.15, 0.2) is 4.90 Å². The van der Waals surface area contributed by atoms with Crippen LogP contribution in [0, 0.1) is 0 Å². The lowest BCUT2D eigenvalue weighted by Gasteiger charge is -2.24. The molecule has 1 aromatic heterocycles. The summed E-state index contributed by atoms with van der Waals surface area (Å²) >= 11 is 1.04. The van der Waals surface area contributed by atoms with E-state index >= 15 is 0 Å². The molecule has 0 bridgehead atoms. The van der Waals surface area contributed by atoms with Gasteiger partial charge in [0.15, 0.2) is 15.7 Å². The zero-order valence-electron chi connectivity index (χ0n) is 10.8. The Bertz CT molecular complexity index is 498. The second-order valence-corrected chi connectivity index (χ2v) is 6.96. The molecule has 0 aromatic carbocycles. The second-order valence-electron chi connectivity index (χ2n) is 4.16. The summed E-state index contributed by atoms with van der Waals surface area (Å²) in [6, 6.07) is -0.194. The lowest BCUT2D eigenvalue weighted by molar-refractivity contribution is 0.270. The minimum absolute atomic E-state index is 0.0421. The van der Waals surface area contributed by atoms with Gasteiger partial charge in [-0.05, 0) is 24.9 Å². The Hall–Kier alpha value is -0.860. The molecule has 0 spiro atoms. The number of nitrogen functional groups attached to an aromatic ring is 1. The summed E-state index contributed by atoms with van der Waals surface area (Å²) in [4.78, 5) is 1.79. The summed E-state index contributed by atoms with van der Waals surface area (Å²) in [5.74, 6) is 0.0877. The molecular weight excluding hydrogens is 274 g/mol. The minimum Gasteiger partial charge on any atom is -0.394 e. The molecule has 6 nitrogen and oxygen atoms in total. The van der Waals surface area contributed by atoms with Crippen LogP contribution in [0.5, 0.6) is 0 Å². The average Bonchev–Trinajstić information content (AvgIpc) is 2.69. The van der Waals surface area contributed by atoms with Crippen molar-refractivity contribution in [2.45, 2.75) is 31.2 Å². The highest BCUT2D eigenvalue weighted by molar-refractivity contribution is 7.91. The molecule has 1 unspecified atom stereocenters. The van der Waals surface area contributed by atoms with Gasteiger partial charge in [-0.3, -0.25) is 0 Å². The van der Waals surface area contributed by atoms with Gasteiger partial charge in [-0.1, -0.05) is 6.92 Å². The average molecular weight is 293 g/mol. The summed E-state index contributed by atoms with van der Waals surface area (Å²) in [6.07, 6.45) is 0.524. The summed E-state index contributed by atoms with van der Waals surface area (Å²) in [5.41, 5.74) is 5.67. The first kappa shape index (κ1) is 15.2. The Morgan fingerprint density at radius 2 is 2.17 bits per heavy atom. The third-order valence-corrected chi connectivity index (χ3v) is 5.74. The third kappa shape index (κ3) is 2.93. The first-order valence-electron chi connectivity index (χ1n) is 5.66. The maximum absolute atomic E-state index is 12.1. The van der Waals surface area contributed by atoms with Gasteiger partial charge in [0, 0.05) is 13.1 Å². The number of likely N-dealkylation sites (N-methyl/N-ethyl adjacent to an activating group) is 1. The van der Waals surface area contributed by atoms with Crippen LogP contribution >= 0.6 is 11.5 Å². The number of aliphatic hydroxyl groups excluding tert-OH is 1. The maximum Gasteiger partial charge on any atom is 0.185 e. The summed E-state index contributed by atoms with van der Waals surface area (Å²) in [7, 11) is -1.69. The lowest BCUT2D eigenvalue weighted by atomic mass is 10.3. The maximum atomic E-state index is 12.1. The Balaban J connectivity index is 3.25. The fourth-order valence-corrected chi connectivity index (χ4v) is 4.33. The van der Waals surface area contributed by atoms with Crippen LogP contribution in [0.2, 0.25) is 0 Å². The van der Waals surface area contributed by atoms with Gasteiger partial charge in [-0.2, -0.15) is 4.37 Å². The van der Waals surface area contributed by atoms with Crippen molar-refractivity contribution in [3.63, 3.8) is 0 Å². The van der Waals surface area contributed by atoms with E-state index in [9.17, 15) is 8.42 Å². The molecule has 104 valence electrons. The monoisotopic (exact) mass is 293 g/mol. The van der Waals surface area contributed by atoms with Crippen LogP contribution in [0.3, 0.4) is 0 Å². The molecule has 18 heavy (non-hydrogen) atoms. The molecular formula is C10H19N3O3S2. The van der Waals surface area contributed by atoms with Crippen LogP contribution < -0.4 is 10.6 Å². The van der Waals surface area contributed by atoms with Gasteiger partial charge in [0.1, 0.15) is 9.90 Å². The van der Waals surface area contributed by atoms with E-state index in [0.717, 1.165) is 11.5 Å². The van der Waals surface area contributed by atoms with Crippen LogP contribution in [-0.4, -0.2) is 43.3 Å². The van der Waals surface area contributed by atoms with E-state index in [4.69, 9.17) is 10.8 Å². The molecule has 8 heteroatoms. The van der Waals surface area contributed by atoms with E-state index in [0.29, 0.717) is 11.4 Å². The third-order valence-electron chi connectivity index (χ3n) is 2.69. The molecule has 0 aliphatic rings. The molecule has 1 heterocycles. The highest BCUT2D eigenvalue weighted by atomic mass is 32.2. The van der Waals surface area contributed by atoms with E-state index in [-0.39, 0.29) is 29.1 Å². The first-order chi connectivity index (χ1) is 8.35. The number of aliphatic hydroxyl groups is 1. The largest absolute Gasteiger partial charge is 0.394 e. The molecule has 0 aliphatic heterocycles. The first-order valence-corrected chi connectivity index (χ1v) is 8.09. The number of rotatable bonds is 6. The SMILES string of the molecule is CCCS(=O)(=O)c1c(N)nsc1N(C)C(C)CO. The van der Waals surface area contributed by atoms with E-state index in [1.165, 1.54) is 0 Å². The number of anilines is 2.